The number of benzene rings is 1. The Hall–Kier alpha value is -1.21. The molecule has 0 atom stereocenters. The molecule has 1 nitrogen and oxygen atoms in total. The number of dihydropyridines is 1. The van der Waals surface area contributed by atoms with Crippen LogP contribution in [0.15, 0.2) is 47.6 Å². The Bertz CT molecular complexity index is 352. The summed E-state index contributed by atoms with van der Waals surface area (Å²) in [5.74, 6) is 0. The van der Waals surface area contributed by atoms with Crippen LogP contribution in [0.5, 0.6) is 0 Å². The molecule has 2 rings (SSSR count). The Kier molecular flexibility index (Phi) is 2.37. The normalized spacial score (nSPS) is 15.8. The number of rotatable bonds is 1. The number of halogens is 1. The summed E-state index contributed by atoms with van der Waals surface area (Å²) in [6.45, 7) is 0.805. The molecule has 2 heteroatoms. The third kappa shape index (κ3) is 1.93. The van der Waals surface area contributed by atoms with Crippen molar-refractivity contribution >= 4 is 17.2 Å². The van der Waals surface area contributed by atoms with Gasteiger partial charge in [0.2, 0.25) is 0 Å². The fourth-order valence-electron chi connectivity index (χ4n) is 1.34. The Morgan fingerprint density at radius 2 is 1.92 bits per heavy atom. The standard InChI is InChI=1S/C11H10ClN/c12-11-8-10(6-7-13-11)9-4-2-1-3-5-9/h1-6,8,13H,7H2. The van der Waals surface area contributed by atoms with Gasteiger partial charge in [0.05, 0.1) is 0 Å². The van der Waals surface area contributed by atoms with E-state index in [2.05, 4.69) is 23.5 Å². The molecule has 0 unspecified atom stereocenters. The van der Waals surface area contributed by atoms with E-state index in [1.165, 1.54) is 11.1 Å². The summed E-state index contributed by atoms with van der Waals surface area (Å²) in [5.41, 5.74) is 2.39. The van der Waals surface area contributed by atoms with Crippen LogP contribution in [0.2, 0.25) is 0 Å². The van der Waals surface area contributed by atoms with Crippen molar-refractivity contribution in [3.63, 3.8) is 0 Å². The average Bonchev–Trinajstić information content (AvgIpc) is 2.19. The van der Waals surface area contributed by atoms with Gasteiger partial charge in [-0.05, 0) is 17.2 Å². The second-order valence-electron chi connectivity index (χ2n) is 2.90. The molecule has 1 N–H and O–H groups in total. The van der Waals surface area contributed by atoms with Gasteiger partial charge in [0.15, 0.2) is 0 Å². The Labute approximate surface area is 82.7 Å². The van der Waals surface area contributed by atoms with Gasteiger partial charge in [-0.25, -0.2) is 0 Å². The first kappa shape index (κ1) is 8.39. The molecule has 0 aliphatic carbocycles. The number of hydrogen-bond donors (Lipinski definition) is 1. The highest BCUT2D eigenvalue weighted by Gasteiger charge is 2.03. The van der Waals surface area contributed by atoms with Crippen molar-refractivity contribution in [3.8, 4) is 0 Å². The zero-order valence-corrected chi connectivity index (χ0v) is 7.88. The maximum absolute atomic E-state index is 5.87. The van der Waals surface area contributed by atoms with Gasteiger partial charge < -0.3 is 5.32 Å². The Morgan fingerprint density at radius 1 is 1.15 bits per heavy atom. The molecular formula is C11H10ClN. The molecule has 1 aliphatic heterocycles. The van der Waals surface area contributed by atoms with Crippen molar-refractivity contribution in [3.05, 3.63) is 53.2 Å². The van der Waals surface area contributed by atoms with E-state index in [0.29, 0.717) is 5.16 Å². The lowest BCUT2D eigenvalue weighted by Crippen LogP contribution is -2.13. The quantitative estimate of drug-likeness (QED) is 0.674. The molecule has 0 aromatic heterocycles. The van der Waals surface area contributed by atoms with Crippen LogP contribution in [0.4, 0.5) is 0 Å². The molecule has 0 radical (unpaired) electrons. The third-order valence-corrected chi connectivity index (χ3v) is 2.23. The van der Waals surface area contributed by atoms with Gasteiger partial charge in [-0.1, -0.05) is 48.0 Å². The van der Waals surface area contributed by atoms with Crippen LogP contribution < -0.4 is 5.32 Å². The summed E-state index contributed by atoms with van der Waals surface area (Å²) in [6.07, 6.45) is 4.07. The lowest BCUT2D eigenvalue weighted by Gasteiger charge is -2.11. The predicted octanol–water partition coefficient (Wildman–Crippen LogP) is 2.75. The molecule has 0 bridgehead atoms. The molecule has 0 fully saturated rings. The van der Waals surface area contributed by atoms with Crippen LogP contribution >= 0.6 is 11.6 Å². The molecule has 13 heavy (non-hydrogen) atoms. The lowest BCUT2D eigenvalue weighted by molar-refractivity contribution is 0.953. The van der Waals surface area contributed by atoms with E-state index in [0.717, 1.165) is 6.54 Å². The highest BCUT2D eigenvalue weighted by molar-refractivity contribution is 6.30. The molecule has 0 amide bonds. The minimum absolute atomic E-state index is 0.710. The number of allylic oxidation sites excluding steroid dienone is 2. The number of hydrogen-bond acceptors (Lipinski definition) is 1. The first-order valence-corrected chi connectivity index (χ1v) is 4.61. The zero-order chi connectivity index (χ0) is 9.10. The Balaban J connectivity index is 2.33. The minimum atomic E-state index is 0.710. The van der Waals surface area contributed by atoms with Crippen LogP contribution in [-0.4, -0.2) is 6.54 Å². The summed E-state index contributed by atoms with van der Waals surface area (Å²) in [7, 11) is 0. The largest absolute Gasteiger partial charge is 0.372 e. The predicted molar refractivity (Wildman–Crippen MR) is 56.4 cm³/mol. The fourth-order valence-corrected chi connectivity index (χ4v) is 1.53. The second kappa shape index (κ2) is 3.67. The average molecular weight is 192 g/mol. The summed E-state index contributed by atoms with van der Waals surface area (Å²) in [5, 5.41) is 3.74. The van der Waals surface area contributed by atoms with Gasteiger partial charge in [-0.15, -0.1) is 0 Å². The van der Waals surface area contributed by atoms with Crippen LogP contribution in [-0.2, 0) is 0 Å². The van der Waals surface area contributed by atoms with E-state index in [1.54, 1.807) is 0 Å². The van der Waals surface area contributed by atoms with Gasteiger partial charge in [-0.3, -0.25) is 0 Å². The molecular weight excluding hydrogens is 182 g/mol. The summed E-state index contributed by atoms with van der Waals surface area (Å²) in [4.78, 5) is 0. The molecule has 66 valence electrons. The van der Waals surface area contributed by atoms with Crippen molar-refractivity contribution in [1.82, 2.24) is 5.32 Å². The first-order valence-electron chi connectivity index (χ1n) is 4.23. The maximum Gasteiger partial charge on any atom is 0.103 e. The fraction of sp³-hybridized carbons (Fsp3) is 0.0909. The van der Waals surface area contributed by atoms with E-state index >= 15 is 0 Å². The first-order chi connectivity index (χ1) is 6.36. The summed E-state index contributed by atoms with van der Waals surface area (Å²) < 4.78 is 0. The van der Waals surface area contributed by atoms with E-state index < -0.39 is 0 Å². The summed E-state index contributed by atoms with van der Waals surface area (Å²) >= 11 is 5.87. The van der Waals surface area contributed by atoms with Crippen LogP contribution in [0.3, 0.4) is 0 Å². The van der Waals surface area contributed by atoms with Crippen molar-refractivity contribution < 1.29 is 0 Å². The highest BCUT2D eigenvalue weighted by Crippen LogP contribution is 2.19. The monoisotopic (exact) mass is 191 g/mol. The van der Waals surface area contributed by atoms with E-state index in [1.807, 2.05) is 24.3 Å². The van der Waals surface area contributed by atoms with Crippen molar-refractivity contribution in [2.24, 2.45) is 0 Å². The molecule has 1 aliphatic rings. The van der Waals surface area contributed by atoms with Crippen molar-refractivity contribution in [1.29, 1.82) is 0 Å². The van der Waals surface area contributed by atoms with Crippen LogP contribution in [0.1, 0.15) is 5.56 Å². The topological polar surface area (TPSA) is 12.0 Å². The van der Waals surface area contributed by atoms with Gasteiger partial charge in [-0.2, -0.15) is 0 Å². The second-order valence-corrected chi connectivity index (χ2v) is 3.31. The van der Waals surface area contributed by atoms with Gasteiger partial charge in [0, 0.05) is 6.54 Å². The minimum Gasteiger partial charge on any atom is -0.372 e. The SMILES string of the molecule is ClC1=CC(c2ccccc2)=CCN1. The van der Waals surface area contributed by atoms with Gasteiger partial charge >= 0.3 is 0 Å². The molecule has 0 spiro atoms. The highest BCUT2D eigenvalue weighted by atomic mass is 35.5. The van der Waals surface area contributed by atoms with Crippen molar-refractivity contribution in [2.75, 3.05) is 6.54 Å². The molecule has 0 saturated carbocycles. The lowest BCUT2D eigenvalue weighted by atomic mass is 10.0. The van der Waals surface area contributed by atoms with E-state index in [9.17, 15) is 0 Å². The molecule has 1 aromatic rings. The van der Waals surface area contributed by atoms with Gasteiger partial charge in [0.1, 0.15) is 5.16 Å². The van der Waals surface area contributed by atoms with Crippen molar-refractivity contribution in [2.45, 2.75) is 0 Å². The number of nitrogens with one attached hydrogen (secondary N) is 1. The molecule has 1 heterocycles. The van der Waals surface area contributed by atoms with Gasteiger partial charge in [0.25, 0.3) is 0 Å². The van der Waals surface area contributed by atoms with E-state index in [4.69, 9.17) is 11.6 Å². The smallest absolute Gasteiger partial charge is 0.103 e. The zero-order valence-electron chi connectivity index (χ0n) is 7.13. The Morgan fingerprint density at radius 3 is 2.62 bits per heavy atom. The third-order valence-electron chi connectivity index (χ3n) is 1.98. The summed E-state index contributed by atoms with van der Waals surface area (Å²) in [6, 6.07) is 10.2. The van der Waals surface area contributed by atoms with E-state index in [-0.39, 0.29) is 0 Å². The maximum atomic E-state index is 5.87. The molecule has 0 saturated heterocycles. The molecule has 1 aromatic carbocycles. The van der Waals surface area contributed by atoms with Crippen LogP contribution in [0.25, 0.3) is 5.57 Å². The van der Waals surface area contributed by atoms with Crippen LogP contribution in [0, 0.1) is 0 Å².